The highest BCUT2D eigenvalue weighted by Gasteiger charge is 2.19. The van der Waals surface area contributed by atoms with Crippen molar-refractivity contribution in [2.24, 2.45) is 0 Å². The van der Waals surface area contributed by atoms with E-state index in [2.05, 4.69) is 15.9 Å². The zero-order valence-electron chi connectivity index (χ0n) is 9.58. The number of hydrogen-bond acceptors (Lipinski definition) is 4. The molecule has 0 aromatic heterocycles. The second-order valence-electron chi connectivity index (χ2n) is 3.39. The van der Waals surface area contributed by atoms with Crippen molar-refractivity contribution in [2.75, 3.05) is 14.2 Å². The van der Waals surface area contributed by atoms with Crippen LogP contribution in [-0.4, -0.2) is 22.6 Å². The van der Waals surface area contributed by atoms with Crippen LogP contribution in [0.4, 0.5) is 0 Å². The Labute approximate surface area is 113 Å². The number of benzene rings is 1. The van der Waals surface area contributed by atoms with Gasteiger partial charge < -0.3 is 9.47 Å². The van der Waals surface area contributed by atoms with Crippen LogP contribution in [0.25, 0.3) is 0 Å². The van der Waals surface area contributed by atoms with Crippen molar-refractivity contribution in [2.45, 2.75) is 12.7 Å². The van der Waals surface area contributed by atoms with E-state index >= 15 is 0 Å². The average molecular weight is 344 g/mol. The Kier molecular flexibility index (Phi) is 4.69. The Bertz CT molecular complexity index is 528. The van der Waals surface area contributed by atoms with Gasteiger partial charge in [-0.05, 0) is 28.9 Å². The Morgan fingerprint density at radius 3 is 2.24 bits per heavy atom. The van der Waals surface area contributed by atoms with Crippen LogP contribution in [0.1, 0.15) is 11.1 Å². The van der Waals surface area contributed by atoms with E-state index in [4.69, 9.17) is 20.2 Å². The van der Waals surface area contributed by atoms with E-state index in [0.717, 1.165) is 5.56 Å². The normalized spacial score (nSPS) is 11.4. The van der Waals surface area contributed by atoms with Gasteiger partial charge in [0.15, 0.2) is 0 Å². The Balaban J connectivity index is 3.42. The molecule has 0 saturated carbocycles. The van der Waals surface area contributed by atoms with Crippen LogP contribution in [0.2, 0.25) is 0 Å². The van der Waals surface area contributed by atoms with E-state index < -0.39 is 9.05 Å². The molecule has 0 bridgehead atoms. The molecule has 0 unspecified atom stereocenters. The molecule has 0 aliphatic heterocycles. The minimum Gasteiger partial charge on any atom is -0.496 e. The van der Waals surface area contributed by atoms with Gasteiger partial charge in [-0.25, -0.2) is 8.42 Å². The van der Waals surface area contributed by atoms with Crippen molar-refractivity contribution in [1.29, 1.82) is 0 Å². The molecule has 0 aliphatic carbocycles. The Morgan fingerprint density at radius 2 is 1.82 bits per heavy atom. The molecule has 96 valence electrons. The van der Waals surface area contributed by atoms with Crippen molar-refractivity contribution >= 4 is 35.7 Å². The van der Waals surface area contributed by atoms with Gasteiger partial charge >= 0.3 is 0 Å². The summed E-state index contributed by atoms with van der Waals surface area (Å²) in [5.41, 5.74) is 1.22. The minimum atomic E-state index is -3.63. The van der Waals surface area contributed by atoms with Crippen LogP contribution in [-0.2, 0) is 14.8 Å². The van der Waals surface area contributed by atoms with E-state index in [9.17, 15) is 8.42 Å². The first-order valence-electron chi connectivity index (χ1n) is 4.62. The molecule has 0 atom stereocenters. The predicted octanol–water partition coefficient (Wildman–Crippen LogP) is 2.84. The molecular weight excluding hydrogens is 332 g/mol. The quantitative estimate of drug-likeness (QED) is 0.789. The molecule has 0 fully saturated rings. The monoisotopic (exact) mass is 342 g/mol. The number of methoxy groups -OCH3 is 2. The summed E-state index contributed by atoms with van der Waals surface area (Å²) in [5.74, 6) is 0.785. The number of rotatable bonds is 4. The lowest BCUT2D eigenvalue weighted by Crippen LogP contribution is -2.02. The lowest BCUT2D eigenvalue weighted by Gasteiger charge is -2.15. The van der Waals surface area contributed by atoms with Crippen molar-refractivity contribution in [1.82, 2.24) is 0 Å². The maximum Gasteiger partial charge on any atom is 0.236 e. The van der Waals surface area contributed by atoms with E-state index in [0.29, 0.717) is 21.5 Å². The fourth-order valence-corrected chi connectivity index (χ4v) is 3.31. The molecule has 1 aromatic carbocycles. The molecule has 0 radical (unpaired) electrons. The molecule has 0 saturated heterocycles. The zero-order chi connectivity index (χ0) is 13.2. The van der Waals surface area contributed by atoms with Gasteiger partial charge in [0.05, 0.1) is 24.4 Å². The van der Waals surface area contributed by atoms with Crippen molar-refractivity contribution in [3.8, 4) is 11.5 Å². The largest absolute Gasteiger partial charge is 0.496 e. The fourth-order valence-electron chi connectivity index (χ4n) is 1.63. The molecule has 0 heterocycles. The summed E-state index contributed by atoms with van der Waals surface area (Å²) in [6, 6.07) is 1.63. The molecule has 1 aromatic rings. The maximum absolute atomic E-state index is 11.1. The molecular formula is C10H12BrClO4S. The average Bonchev–Trinajstić information content (AvgIpc) is 2.15. The van der Waals surface area contributed by atoms with Crippen LogP contribution in [0, 0.1) is 6.92 Å². The molecule has 17 heavy (non-hydrogen) atoms. The van der Waals surface area contributed by atoms with Gasteiger partial charge in [-0.3, -0.25) is 0 Å². The first-order valence-corrected chi connectivity index (χ1v) is 7.89. The summed E-state index contributed by atoms with van der Waals surface area (Å²) >= 11 is 3.31. The Hall–Kier alpha value is -0.460. The summed E-state index contributed by atoms with van der Waals surface area (Å²) in [6.45, 7) is 1.78. The highest BCUT2D eigenvalue weighted by Crippen LogP contribution is 2.38. The van der Waals surface area contributed by atoms with Gasteiger partial charge in [-0.15, -0.1) is 0 Å². The second-order valence-corrected chi connectivity index (χ2v) is 7.02. The second kappa shape index (κ2) is 5.46. The van der Waals surface area contributed by atoms with Crippen LogP contribution in [0.5, 0.6) is 11.5 Å². The summed E-state index contributed by atoms with van der Waals surface area (Å²) in [5, 5.41) is 0. The standard InChI is InChI=1S/C10H12BrClO4S/c1-6-9(15-2)7(5-17(12,13)14)4-8(11)10(6)16-3/h4H,5H2,1-3H3. The predicted molar refractivity (Wildman–Crippen MR) is 70.5 cm³/mol. The number of halogens is 2. The third-order valence-electron chi connectivity index (χ3n) is 2.23. The molecule has 7 heteroatoms. The van der Waals surface area contributed by atoms with Gasteiger partial charge in [-0.1, -0.05) is 0 Å². The van der Waals surface area contributed by atoms with Gasteiger partial charge in [0, 0.05) is 21.8 Å². The first kappa shape index (κ1) is 14.6. The van der Waals surface area contributed by atoms with E-state index in [1.807, 2.05) is 0 Å². The molecule has 1 rings (SSSR count). The van der Waals surface area contributed by atoms with Crippen molar-refractivity contribution in [3.05, 3.63) is 21.7 Å². The topological polar surface area (TPSA) is 52.6 Å². The third kappa shape index (κ3) is 3.50. The lowest BCUT2D eigenvalue weighted by atomic mass is 10.1. The fraction of sp³-hybridized carbons (Fsp3) is 0.400. The van der Waals surface area contributed by atoms with E-state index in [1.54, 1.807) is 13.0 Å². The maximum atomic E-state index is 11.1. The zero-order valence-corrected chi connectivity index (χ0v) is 12.7. The van der Waals surface area contributed by atoms with Crippen LogP contribution >= 0.6 is 26.6 Å². The SMILES string of the molecule is COc1c(Br)cc(CS(=O)(=O)Cl)c(OC)c1C. The Morgan fingerprint density at radius 1 is 1.29 bits per heavy atom. The van der Waals surface area contributed by atoms with Crippen LogP contribution < -0.4 is 9.47 Å². The van der Waals surface area contributed by atoms with E-state index in [1.165, 1.54) is 14.2 Å². The van der Waals surface area contributed by atoms with Gasteiger partial charge in [0.25, 0.3) is 0 Å². The molecule has 0 amide bonds. The van der Waals surface area contributed by atoms with Crippen LogP contribution in [0.3, 0.4) is 0 Å². The third-order valence-corrected chi connectivity index (χ3v) is 3.80. The van der Waals surface area contributed by atoms with E-state index in [-0.39, 0.29) is 5.75 Å². The number of ether oxygens (including phenoxy) is 2. The highest BCUT2D eigenvalue weighted by atomic mass is 79.9. The minimum absolute atomic E-state index is 0.291. The summed E-state index contributed by atoms with van der Waals surface area (Å²) in [4.78, 5) is 0. The van der Waals surface area contributed by atoms with Gasteiger partial charge in [0.1, 0.15) is 11.5 Å². The van der Waals surface area contributed by atoms with Gasteiger partial charge in [0.2, 0.25) is 9.05 Å². The molecule has 0 spiro atoms. The summed E-state index contributed by atoms with van der Waals surface area (Å²) < 4.78 is 33.3. The summed E-state index contributed by atoms with van der Waals surface area (Å²) in [7, 11) is 4.62. The molecule has 4 nitrogen and oxygen atoms in total. The number of hydrogen-bond donors (Lipinski definition) is 0. The lowest BCUT2D eigenvalue weighted by molar-refractivity contribution is 0.384. The highest BCUT2D eigenvalue weighted by molar-refractivity contribution is 9.10. The van der Waals surface area contributed by atoms with Crippen LogP contribution in [0.15, 0.2) is 10.5 Å². The van der Waals surface area contributed by atoms with Crippen molar-refractivity contribution < 1.29 is 17.9 Å². The smallest absolute Gasteiger partial charge is 0.236 e. The summed E-state index contributed by atoms with van der Waals surface area (Å²) in [6.07, 6.45) is 0. The first-order chi connectivity index (χ1) is 7.80. The van der Waals surface area contributed by atoms with Gasteiger partial charge in [-0.2, -0.15) is 0 Å². The molecule has 0 aliphatic rings. The van der Waals surface area contributed by atoms with Crippen molar-refractivity contribution in [3.63, 3.8) is 0 Å². The molecule has 0 N–H and O–H groups in total.